The van der Waals surface area contributed by atoms with Gasteiger partial charge in [0.2, 0.25) is 0 Å². The molecule has 0 aromatic carbocycles. The Morgan fingerprint density at radius 2 is 2.00 bits per heavy atom. The zero-order valence-corrected chi connectivity index (χ0v) is 10.3. The van der Waals surface area contributed by atoms with Crippen molar-refractivity contribution in [1.82, 2.24) is 5.32 Å². The highest BCUT2D eigenvalue weighted by Gasteiger charge is 2.07. The third kappa shape index (κ3) is 7.47. The first kappa shape index (κ1) is 17.6. The maximum atomic E-state index is 3.84. The molecule has 1 N–H and O–H groups in total. The molecule has 1 unspecified atom stereocenters. The molecule has 0 saturated carbocycles. The average Bonchev–Trinajstić information content (AvgIpc) is 2.27. The SMILES string of the molecule is C.C=C/C=C(\C=C)C(CCCCCC)NC.[HH]. The Bertz CT molecular complexity index is 209. The van der Waals surface area contributed by atoms with Gasteiger partial charge >= 0.3 is 0 Å². The van der Waals surface area contributed by atoms with Gasteiger partial charge < -0.3 is 5.32 Å². The van der Waals surface area contributed by atoms with Crippen LogP contribution in [0, 0.1) is 0 Å². The Balaban J connectivity index is -0.000000980. The number of nitrogens with one attached hydrogen (secondary N) is 1. The molecule has 96 valence electrons. The predicted molar refractivity (Wildman–Crippen MR) is 78.9 cm³/mol. The number of rotatable bonds is 9. The molecular formula is C15H31N. The van der Waals surface area contributed by atoms with Crippen molar-refractivity contribution in [2.75, 3.05) is 7.05 Å². The van der Waals surface area contributed by atoms with Crippen LogP contribution in [0.15, 0.2) is 37.0 Å². The van der Waals surface area contributed by atoms with Crippen molar-refractivity contribution in [3.05, 3.63) is 37.0 Å². The van der Waals surface area contributed by atoms with Gasteiger partial charge in [-0.15, -0.1) is 0 Å². The summed E-state index contributed by atoms with van der Waals surface area (Å²) in [7, 11) is 2.00. The van der Waals surface area contributed by atoms with E-state index in [4.69, 9.17) is 0 Å². The molecule has 0 aromatic rings. The molecule has 0 bridgehead atoms. The number of allylic oxidation sites excluding steroid dienone is 2. The lowest BCUT2D eigenvalue weighted by Crippen LogP contribution is -2.26. The fourth-order valence-electron chi connectivity index (χ4n) is 1.72. The van der Waals surface area contributed by atoms with Crippen LogP contribution in [0.25, 0.3) is 0 Å². The lowest BCUT2D eigenvalue weighted by molar-refractivity contribution is 0.540. The number of likely N-dealkylation sites (N-methyl/N-ethyl adjacent to an activating group) is 1. The van der Waals surface area contributed by atoms with E-state index in [9.17, 15) is 0 Å². The van der Waals surface area contributed by atoms with Gasteiger partial charge in [-0.3, -0.25) is 0 Å². The summed E-state index contributed by atoms with van der Waals surface area (Å²) < 4.78 is 0. The largest absolute Gasteiger partial charge is 0.313 e. The van der Waals surface area contributed by atoms with Crippen LogP contribution in [-0.2, 0) is 0 Å². The minimum absolute atomic E-state index is 0. The van der Waals surface area contributed by atoms with Crippen LogP contribution in [-0.4, -0.2) is 13.1 Å². The topological polar surface area (TPSA) is 12.0 Å². The Kier molecular flexibility index (Phi) is 13.5. The monoisotopic (exact) mass is 225 g/mol. The molecule has 16 heavy (non-hydrogen) atoms. The van der Waals surface area contributed by atoms with Gasteiger partial charge in [-0.05, 0) is 19.0 Å². The van der Waals surface area contributed by atoms with Crippen molar-refractivity contribution >= 4 is 0 Å². The fourth-order valence-corrected chi connectivity index (χ4v) is 1.72. The average molecular weight is 225 g/mol. The highest BCUT2D eigenvalue weighted by molar-refractivity contribution is 5.26. The van der Waals surface area contributed by atoms with Crippen LogP contribution < -0.4 is 5.32 Å². The Hall–Kier alpha value is -0.820. The molecule has 0 fully saturated rings. The molecule has 0 aliphatic heterocycles. The van der Waals surface area contributed by atoms with Crippen LogP contribution in [0.4, 0.5) is 0 Å². The second-order valence-corrected chi connectivity index (χ2v) is 3.80. The van der Waals surface area contributed by atoms with Gasteiger partial charge in [-0.2, -0.15) is 0 Å². The van der Waals surface area contributed by atoms with Crippen LogP contribution in [0.5, 0.6) is 0 Å². The summed E-state index contributed by atoms with van der Waals surface area (Å²) in [5, 5.41) is 3.33. The number of hydrogen-bond acceptors (Lipinski definition) is 1. The third-order valence-electron chi connectivity index (χ3n) is 2.64. The van der Waals surface area contributed by atoms with Crippen molar-refractivity contribution in [3.63, 3.8) is 0 Å². The summed E-state index contributed by atoms with van der Waals surface area (Å²) >= 11 is 0. The van der Waals surface area contributed by atoms with Gasteiger partial charge in [0.05, 0.1) is 0 Å². The molecule has 1 nitrogen and oxygen atoms in total. The van der Waals surface area contributed by atoms with Gasteiger partial charge in [0.1, 0.15) is 0 Å². The van der Waals surface area contributed by atoms with E-state index < -0.39 is 0 Å². The molecule has 0 heterocycles. The second-order valence-electron chi connectivity index (χ2n) is 3.80. The highest BCUT2D eigenvalue weighted by atomic mass is 14.9. The summed E-state index contributed by atoms with van der Waals surface area (Å²) in [6, 6.07) is 0.428. The lowest BCUT2D eigenvalue weighted by Gasteiger charge is -2.17. The molecule has 0 amide bonds. The van der Waals surface area contributed by atoms with E-state index in [-0.39, 0.29) is 8.85 Å². The van der Waals surface area contributed by atoms with Crippen LogP contribution in [0.3, 0.4) is 0 Å². The molecule has 0 radical (unpaired) electrons. The van der Waals surface area contributed by atoms with E-state index in [0.29, 0.717) is 6.04 Å². The van der Waals surface area contributed by atoms with E-state index in [1.54, 1.807) is 0 Å². The summed E-state index contributed by atoms with van der Waals surface area (Å²) in [6.07, 6.45) is 12.2. The van der Waals surface area contributed by atoms with Gasteiger partial charge in [0.25, 0.3) is 0 Å². The number of unbranched alkanes of at least 4 members (excludes halogenated alkanes) is 3. The quantitative estimate of drug-likeness (QED) is 0.442. The van der Waals surface area contributed by atoms with Crippen LogP contribution in [0.1, 0.15) is 47.9 Å². The van der Waals surface area contributed by atoms with Crippen molar-refractivity contribution in [2.24, 2.45) is 0 Å². The maximum absolute atomic E-state index is 3.84. The summed E-state index contributed by atoms with van der Waals surface area (Å²) in [4.78, 5) is 0. The highest BCUT2D eigenvalue weighted by Crippen LogP contribution is 2.12. The molecule has 0 aliphatic rings. The number of hydrogen-bond donors (Lipinski definition) is 1. The van der Waals surface area contributed by atoms with E-state index in [2.05, 4.69) is 25.4 Å². The standard InChI is InChI=1S/C14H25N.CH4.H2/c1-5-8-9-10-12-14(15-4)13(7-3)11-6-2;;/h6-7,11,14-15H,2-3,5,8-10,12H2,1,4H3;1H4;1H/b13-11+;;. The van der Waals surface area contributed by atoms with Crippen molar-refractivity contribution in [1.29, 1.82) is 0 Å². The zero-order chi connectivity index (χ0) is 11.5. The molecular weight excluding hydrogens is 194 g/mol. The van der Waals surface area contributed by atoms with E-state index >= 15 is 0 Å². The zero-order valence-electron chi connectivity index (χ0n) is 10.3. The summed E-state index contributed by atoms with van der Waals surface area (Å²) in [5.74, 6) is 0. The van der Waals surface area contributed by atoms with Gasteiger partial charge in [0.15, 0.2) is 0 Å². The van der Waals surface area contributed by atoms with Crippen molar-refractivity contribution < 1.29 is 1.43 Å². The molecule has 0 rings (SSSR count). The molecule has 1 atom stereocenters. The summed E-state index contributed by atoms with van der Waals surface area (Å²) in [5.41, 5.74) is 1.24. The normalized spacial score (nSPS) is 12.8. The smallest absolute Gasteiger partial charge is 0.0317 e. The molecule has 0 aromatic heterocycles. The lowest BCUT2D eigenvalue weighted by atomic mass is 10.00. The molecule has 1 heteroatoms. The first-order valence-electron chi connectivity index (χ1n) is 5.92. The second kappa shape index (κ2) is 12.3. The third-order valence-corrected chi connectivity index (χ3v) is 2.64. The van der Waals surface area contributed by atoms with Crippen LogP contribution >= 0.6 is 0 Å². The maximum Gasteiger partial charge on any atom is 0.0317 e. The Morgan fingerprint density at radius 3 is 2.44 bits per heavy atom. The predicted octanol–water partition coefficient (Wildman–Crippen LogP) is 4.73. The Labute approximate surface area is 104 Å². The minimum Gasteiger partial charge on any atom is -0.313 e. The van der Waals surface area contributed by atoms with Gasteiger partial charge in [-0.25, -0.2) is 0 Å². The Morgan fingerprint density at radius 1 is 1.31 bits per heavy atom. The molecule has 0 saturated heterocycles. The minimum atomic E-state index is 0. The van der Waals surface area contributed by atoms with Crippen LogP contribution in [0.2, 0.25) is 0 Å². The molecule has 0 spiro atoms. The van der Waals surface area contributed by atoms with Gasteiger partial charge in [-0.1, -0.05) is 71.4 Å². The van der Waals surface area contributed by atoms with Crippen molar-refractivity contribution in [3.8, 4) is 0 Å². The summed E-state index contributed by atoms with van der Waals surface area (Å²) in [6.45, 7) is 9.80. The first-order chi connectivity index (χ1) is 7.29. The first-order valence-corrected chi connectivity index (χ1v) is 5.92. The molecule has 0 aliphatic carbocycles. The van der Waals surface area contributed by atoms with E-state index in [0.717, 1.165) is 0 Å². The van der Waals surface area contributed by atoms with Crippen molar-refractivity contribution in [2.45, 2.75) is 52.5 Å². The van der Waals surface area contributed by atoms with Gasteiger partial charge in [0, 0.05) is 7.47 Å². The van der Waals surface area contributed by atoms with E-state index in [1.165, 1.54) is 37.7 Å². The van der Waals surface area contributed by atoms with E-state index in [1.807, 2.05) is 25.3 Å². The fraction of sp³-hybridized carbons (Fsp3) is 0.600.